The third-order valence-corrected chi connectivity index (χ3v) is 4.14. The molecule has 0 saturated carbocycles. The lowest BCUT2D eigenvalue weighted by molar-refractivity contribution is 0.150. The molecule has 1 aromatic carbocycles. The highest BCUT2D eigenvalue weighted by molar-refractivity contribution is 7.15. The van der Waals surface area contributed by atoms with E-state index in [1.807, 2.05) is 25.1 Å². The van der Waals surface area contributed by atoms with Crippen molar-refractivity contribution < 1.29 is 19.0 Å². The fourth-order valence-electron chi connectivity index (χ4n) is 2.08. The third kappa shape index (κ3) is 4.33. The number of nitrogens with one attached hydrogen (secondary N) is 2. The molecule has 1 aliphatic heterocycles. The van der Waals surface area contributed by atoms with E-state index in [0.717, 1.165) is 16.3 Å². The maximum atomic E-state index is 11.9. The van der Waals surface area contributed by atoms with Crippen LogP contribution in [0.1, 0.15) is 17.5 Å². The molecule has 128 valence electrons. The summed E-state index contributed by atoms with van der Waals surface area (Å²) in [5.74, 6) is 1.41. The lowest BCUT2D eigenvalue weighted by Crippen LogP contribution is -2.28. The number of hydrogen-bond acceptors (Lipinski definition) is 7. The molecule has 0 bridgehead atoms. The molecule has 0 aliphatic carbocycles. The molecule has 0 spiro atoms. The molecule has 0 atom stereocenters. The second kappa shape index (κ2) is 7.93. The monoisotopic (exact) mass is 350 g/mol. The van der Waals surface area contributed by atoms with E-state index in [-0.39, 0.29) is 12.8 Å². The molecule has 2 N–H and O–H groups in total. The zero-order valence-electron chi connectivity index (χ0n) is 13.2. The number of hydrogen-bond donors (Lipinski definition) is 2. The summed E-state index contributed by atoms with van der Waals surface area (Å²) in [5.41, 5.74) is 0.920. The van der Waals surface area contributed by atoms with E-state index in [4.69, 9.17) is 14.2 Å². The van der Waals surface area contributed by atoms with Gasteiger partial charge in [0.2, 0.25) is 11.9 Å². The number of amides is 2. The minimum absolute atomic E-state index is 0.232. The maximum absolute atomic E-state index is 11.9. The van der Waals surface area contributed by atoms with Crippen LogP contribution in [0.3, 0.4) is 0 Å². The molecule has 8 nitrogen and oxygen atoms in total. The van der Waals surface area contributed by atoms with Crippen LogP contribution in [0.15, 0.2) is 18.2 Å². The van der Waals surface area contributed by atoms with Crippen molar-refractivity contribution in [2.45, 2.75) is 19.9 Å². The summed E-state index contributed by atoms with van der Waals surface area (Å²) in [4.78, 5) is 11.9. The Bertz CT molecular complexity index is 707. The van der Waals surface area contributed by atoms with Crippen molar-refractivity contribution in [2.24, 2.45) is 0 Å². The Balaban J connectivity index is 1.45. The molecule has 9 heteroatoms. The molecule has 0 fully saturated rings. The molecule has 1 aliphatic rings. The van der Waals surface area contributed by atoms with Crippen LogP contribution in [0.25, 0.3) is 0 Å². The van der Waals surface area contributed by atoms with Crippen molar-refractivity contribution in [2.75, 3.05) is 25.3 Å². The van der Waals surface area contributed by atoms with Crippen molar-refractivity contribution >= 4 is 22.5 Å². The molecule has 1 aromatic heterocycles. The lowest BCUT2D eigenvalue weighted by Gasteiger charge is -2.06. The Morgan fingerprint density at radius 3 is 3.08 bits per heavy atom. The molecule has 2 amide bonds. The van der Waals surface area contributed by atoms with Gasteiger partial charge in [-0.15, -0.1) is 10.2 Å². The minimum atomic E-state index is -0.333. The van der Waals surface area contributed by atoms with Crippen LogP contribution in [0.4, 0.5) is 9.93 Å². The first-order chi connectivity index (χ1) is 11.7. The van der Waals surface area contributed by atoms with E-state index in [2.05, 4.69) is 20.8 Å². The van der Waals surface area contributed by atoms with E-state index in [1.165, 1.54) is 11.3 Å². The van der Waals surface area contributed by atoms with Crippen molar-refractivity contribution in [3.63, 3.8) is 0 Å². The maximum Gasteiger partial charge on any atom is 0.321 e. The van der Waals surface area contributed by atoms with E-state index in [1.54, 1.807) is 0 Å². The van der Waals surface area contributed by atoms with Crippen molar-refractivity contribution in [1.82, 2.24) is 15.5 Å². The second-order valence-electron chi connectivity index (χ2n) is 4.94. The van der Waals surface area contributed by atoms with E-state index in [0.29, 0.717) is 37.1 Å². The zero-order valence-corrected chi connectivity index (χ0v) is 14.0. The first-order valence-corrected chi connectivity index (χ1v) is 8.39. The summed E-state index contributed by atoms with van der Waals surface area (Å²) in [7, 11) is 0. The van der Waals surface area contributed by atoms with Crippen LogP contribution < -0.4 is 20.1 Å². The van der Waals surface area contributed by atoms with Gasteiger partial charge in [0.15, 0.2) is 11.5 Å². The Kier molecular flexibility index (Phi) is 5.44. The molecule has 3 rings (SSSR count). The smallest absolute Gasteiger partial charge is 0.321 e. The average molecular weight is 350 g/mol. The molecular weight excluding hydrogens is 332 g/mol. The summed E-state index contributed by atoms with van der Waals surface area (Å²) < 4.78 is 15.8. The van der Waals surface area contributed by atoms with E-state index < -0.39 is 0 Å². The summed E-state index contributed by atoms with van der Waals surface area (Å²) >= 11 is 1.34. The van der Waals surface area contributed by atoms with Crippen LogP contribution >= 0.6 is 11.3 Å². The summed E-state index contributed by atoms with van der Waals surface area (Å²) in [5, 5.41) is 14.7. The first-order valence-electron chi connectivity index (χ1n) is 7.58. The Hall–Kier alpha value is -2.39. The molecule has 2 heterocycles. The van der Waals surface area contributed by atoms with E-state index in [9.17, 15) is 4.79 Å². The third-order valence-electron chi connectivity index (χ3n) is 3.24. The van der Waals surface area contributed by atoms with E-state index >= 15 is 0 Å². The van der Waals surface area contributed by atoms with Crippen molar-refractivity contribution in [1.29, 1.82) is 0 Å². The van der Waals surface area contributed by atoms with Crippen LogP contribution in [0.2, 0.25) is 0 Å². The van der Waals surface area contributed by atoms with Gasteiger partial charge < -0.3 is 19.5 Å². The number of benzene rings is 1. The summed E-state index contributed by atoms with van der Waals surface area (Å²) in [6.07, 6.45) is 0.687. The highest BCUT2D eigenvalue weighted by atomic mass is 32.1. The lowest BCUT2D eigenvalue weighted by atomic mass is 10.2. The number of urea groups is 1. The number of aromatic nitrogens is 2. The van der Waals surface area contributed by atoms with Gasteiger partial charge >= 0.3 is 6.03 Å². The number of fused-ring (bicyclic) bond motifs is 1. The van der Waals surface area contributed by atoms with Gasteiger partial charge in [0.25, 0.3) is 0 Å². The van der Waals surface area contributed by atoms with Gasteiger partial charge in [-0.05, 0) is 24.6 Å². The number of nitrogens with zero attached hydrogens (tertiary/aromatic N) is 2. The SMILES string of the molecule is CCOCCc1nnc(NC(=O)NCc2ccc3c(c2)OCO3)s1. The Labute approximate surface area is 143 Å². The van der Waals surface area contributed by atoms with Crippen LogP contribution in [-0.2, 0) is 17.7 Å². The topological polar surface area (TPSA) is 94.6 Å². The van der Waals surface area contributed by atoms with Gasteiger partial charge in [-0.1, -0.05) is 17.4 Å². The first kappa shape index (κ1) is 16.5. The van der Waals surface area contributed by atoms with Gasteiger partial charge in [-0.2, -0.15) is 0 Å². The average Bonchev–Trinajstić information content (AvgIpc) is 3.22. The Morgan fingerprint density at radius 1 is 1.33 bits per heavy atom. The van der Waals surface area contributed by atoms with Crippen LogP contribution in [-0.4, -0.2) is 36.2 Å². The highest BCUT2D eigenvalue weighted by Crippen LogP contribution is 2.32. The van der Waals surface area contributed by atoms with Gasteiger partial charge in [0.05, 0.1) is 6.61 Å². The fraction of sp³-hybridized carbons (Fsp3) is 0.400. The summed E-state index contributed by atoms with van der Waals surface area (Å²) in [6.45, 7) is 3.82. The normalized spacial score (nSPS) is 12.2. The standard InChI is InChI=1S/C15H18N4O4S/c1-2-21-6-5-13-18-19-15(24-13)17-14(20)16-8-10-3-4-11-12(7-10)23-9-22-11/h3-4,7H,2,5-6,8-9H2,1H3,(H2,16,17,19,20). The molecule has 0 saturated heterocycles. The molecule has 24 heavy (non-hydrogen) atoms. The minimum Gasteiger partial charge on any atom is -0.454 e. The number of anilines is 1. The molecule has 0 radical (unpaired) electrons. The quantitative estimate of drug-likeness (QED) is 0.743. The molecular formula is C15H18N4O4S. The number of carbonyl (C=O) groups excluding carboxylic acids is 1. The van der Waals surface area contributed by atoms with Crippen LogP contribution in [0.5, 0.6) is 11.5 Å². The Morgan fingerprint density at radius 2 is 2.21 bits per heavy atom. The molecule has 0 unspecified atom stereocenters. The largest absolute Gasteiger partial charge is 0.454 e. The predicted molar refractivity (Wildman–Crippen MR) is 88.5 cm³/mol. The van der Waals surface area contributed by atoms with Gasteiger partial charge in [-0.3, -0.25) is 5.32 Å². The highest BCUT2D eigenvalue weighted by Gasteiger charge is 2.13. The number of rotatable bonds is 7. The van der Waals surface area contributed by atoms with Gasteiger partial charge in [0, 0.05) is 19.6 Å². The molecule has 2 aromatic rings. The number of carbonyl (C=O) groups is 1. The summed E-state index contributed by atoms with van der Waals surface area (Å²) in [6, 6.07) is 5.22. The van der Waals surface area contributed by atoms with Gasteiger partial charge in [-0.25, -0.2) is 4.79 Å². The second-order valence-corrected chi connectivity index (χ2v) is 6.01. The van der Waals surface area contributed by atoms with Crippen molar-refractivity contribution in [3.05, 3.63) is 28.8 Å². The fourth-order valence-corrected chi connectivity index (χ4v) is 2.80. The number of ether oxygens (including phenoxy) is 3. The predicted octanol–water partition coefficient (Wildman–Crippen LogP) is 2.17. The zero-order chi connectivity index (χ0) is 16.8. The van der Waals surface area contributed by atoms with Crippen LogP contribution in [0, 0.1) is 0 Å². The van der Waals surface area contributed by atoms with Gasteiger partial charge in [0.1, 0.15) is 5.01 Å². The van der Waals surface area contributed by atoms with Crippen molar-refractivity contribution in [3.8, 4) is 11.5 Å².